The lowest BCUT2D eigenvalue weighted by Crippen LogP contribution is -2.43. The van der Waals surface area contributed by atoms with E-state index in [1.807, 2.05) is 0 Å². The normalized spacial score (nSPS) is 32.1. The molecule has 0 spiro atoms. The summed E-state index contributed by atoms with van der Waals surface area (Å²) in [5.41, 5.74) is 0.367. The molecular weight excluding hydrogens is 386 g/mol. The molecule has 2 aromatic rings. The van der Waals surface area contributed by atoms with Crippen LogP contribution in [0.25, 0.3) is 0 Å². The molecule has 5 atom stereocenters. The lowest BCUT2D eigenvalue weighted by Gasteiger charge is -2.28. The summed E-state index contributed by atoms with van der Waals surface area (Å²) < 4.78 is 27.8. The van der Waals surface area contributed by atoms with Gasteiger partial charge in [0.1, 0.15) is 0 Å². The van der Waals surface area contributed by atoms with Crippen LogP contribution in [0, 0.1) is 17.8 Å². The van der Waals surface area contributed by atoms with Crippen LogP contribution in [0.4, 0.5) is 5.13 Å². The third kappa shape index (κ3) is 2.64. The largest absolute Gasteiger partial charge is 0.391 e. The number of anilines is 1. The quantitative estimate of drug-likeness (QED) is 0.808. The fourth-order valence-electron chi connectivity index (χ4n) is 5.00. The first kappa shape index (κ1) is 17.3. The van der Waals surface area contributed by atoms with E-state index in [4.69, 9.17) is 0 Å². The molecule has 142 valence electrons. The molecule has 7 nitrogen and oxygen atoms in total. The van der Waals surface area contributed by atoms with E-state index in [2.05, 4.69) is 10.3 Å². The Morgan fingerprint density at radius 3 is 2.67 bits per heavy atom. The summed E-state index contributed by atoms with van der Waals surface area (Å²) in [7, 11) is -3.69. The Morgan fingerprint density at radius 1 is 1.22 bits per heavy atom. The van der Waals surface area contributed by atoms with E-state index >= 15 is 0 Å². The van der Waals surface area contributed by atoms with Crippen molar-refractivity contribution in [1.82, 2.24) is 9.29 Å². The lowest BCUT2D eigenvalue weighted by molar-refractivity contribution is 0.0731. The highest BCUT2D eigenvalue weighted by molar-refractivity contribution is 7.89. The van der Waals surface area contributed by atoms with Crippen LogP contribution in [0.3, 0.4) is 0 Å². The first-order valence-electron chi connectivity index (χ1n) is 8.96. The smallest absolute Gasteiger partial charge is 0.257 e. The Bertz CT molecular complexity index is 973. The second kappa shape index (κ2) is 6.10. The van der Waals surface area contributed by atoms with Gasteiger partial charge in [-0.15, -0.1) is 11.3 Å². The van der Waals surface area contributed by atoms with E-state index in [9.17, 15) is 18.3 Å². The molecule has 2 aliphatic carbocycles. The van der Waals surface area contributed by atoms with E-state index in [0.717, 1.165) is 12.8 Å². The van der Waals surface area contributed by atoms with Crippen LogP contribution in [0.2, 0.25) is 0 Å². The maximum atomic E-state index is 13.1. The number of carbonyl (C=O) groups is 1. The van der Waals surface area contributed by atoms with Crippen molar-refractivity contribution in [3.63, 3.8) is 0 Å². The van der Waals surface area contributed by atoms with Gasteiger partial charge in [-0.3, -0.25) is 10.1 Å². The monoisotopic (exact) mass is 405 g/mol. The van der Waals surface area contributed by atoms with Gasteiger partial charge in [0.2, 0.25) is 10.0 Å². The second-order valence-electron chi connectivity index (χ2n) is 7.53. The fraction of sp³-hybridized carbons (Fsp3) is 0.444. The Labute approximate surface area is 161 Å². The SMILES string of the molecule is O=C(Nc1nccs1)c1ccc(S(=O)(=O)N2C[C@@H]3C[C@H]4C[C@H]3[C@H]2[C@H]4O)cc1. The Kier molecular flexibility index (Phi) is 3.91. The van der Waals surface area contributed by atoms with E-state index in [0.29, 0.717) is 23.2 Å². The molecule has 2 saturated carbocycles. The number of fused-ring (bicyclic) bond motifs is 1. The minimum atomic E-state index is -3.69. The van der Waals surface area contributed by atoms with Gasteiger partial charge in [0, 0.05) is 23.7 Å². The second-order valence-corrected chi connectivity index (χ2v) is 10.3. The first-order valence-corrected chi connectivity index (χ1v) is 11.3. The van der Waals surface area contributed by atoms with Crippen LogP contribution in [-0.2, 0) is 10.0 Å². The van der Waals surface area contributed by atoms with Gasteiger partial charge in [0.05, 0.1) is 17.0 Å². The third-order valence-corrected chi connectivity index (χ3v) is 8.75. The number of benzene rings is 1. The average molecular weight is 406 g/mol. The van der Waals surface area contributed by atoms with Gasteiger partial charge in [-0.2, -0.15) is 4.31 Å². The van der Waals surface area contributed by atoms with Crippen molar-refractivity contribution in [2.75, 3.05) is 11.9 Å². The zero-order chi connectivity index (χ0) is 18.8. The van der Waals surface area contributed by atoms with Crippen LogP contribution in [-0.4, -0.2) is 47.4 Å². The van der Waals surface area contributed by atoms with Crippen molar-refractivity contribution in [3.05, 3.63) is 41.4 Å². The predicted octanol–water partition coefficient (Wildman–Crippen LogP) is 1.79. The number of sulfonamides is 1. The van der Waals surface area contributed by atoms with Gasteiger partial charge in [-0.1, -0.05) is 0 Å². The minimum Gasteiger partial charge on any atom is -0.391 e. The highest BCUT2D eigenvalue weighted by atomic mass is 32.2. The highest BCUT2D eigenvalue weighted by Gasteiger charge is 2.61. The number of hydrogen-bond donors (Lipinski definition) is 2. The number of nitrogens with one attached hydrogen (secondary N) is 1. The van der Waals surface area contributed by atoms with Gasteiger partial charge in [-0.25, -0.2) is 13.4 Å². The molecule has 3 fully saturated rings. The Morgan fingerprint density at radius 2 is 2.00 bits per heavy atom. The highest BCUT2D eigenvalue weighted by Crippen LogP contribution is 2.56. The summed E-state index contributed by atoms with van der Waals surface area (Å²) in [4.78, 5) is 16.4. The topological polar surface area (TPSA) is 99.6 Å². The molecule has 0 unspecified atom stereocenters. The molecule has 1 aromatic carbocycles. The van der Waals surface area contributed by atoms with E-state index in [1.54, 1.807) is 11.6 Å². The zero-order valence-electron chi connectivity index (χ0n) is 14.4. The van der Waals surface area contributed by atoms with Gasteiger partial charge in [-0.05, 0) is 54.9 Å². The number of amides is 1. The number of rotatable bonds is 4. The van der Waals surface area contributed by atoms with Crippen LogP contribution in [0.5, 0.6) is 0 Å². The predicted molar refractivity (Wildman–Crippen MR) is 99.9 cm³/mol. The van der Waals surface area contributed by atoms with Crippen molar-refractivity contribution < 1.29 is 18.3 Å². The van der Waals surface area contributed by atoms with Gasteiger partial charge < -0.3 is 5.11 Å². The molecule has 1 saturated heterocycles. The van der Waals surface area contributed by atoms with Crippen molar-refractivity contribution in [1.29, 1.82) is 0 Å². The summed E-state index contributed by atoms with van der Waals surface area (Å²) >= 11 is 1.31. The van der Waals surface area contributed by atoms with Crippen molar-refractivity contribution in [2.24, 2.45) is 17.8 Å². The first-order chi connectivity index (χ1) is 12.9. The zero-order valence-corrected chi connectivity index (χ0v) is 16.0. The molecule has 0 radical (unpaired) electrons. The number of aliphatic hydroxyl groups excluding tert-OH is 1. The van der Waals surface area contributed by atoms with Crippen molar-refractivity contribution in [3.8, 4) is 0 Å². The lowest BCUT2D eigenvalue weighted by atomic mass is 9.88. The van der Waals surface area contributed by atoms with Crippen LogP contribution in [0.1, 0.15) is 23.2 Å². The molecule has 3 aliphatic rings. The number of carbonyl (C=O) groups excluding carboxylic acids is 1. The summed E-state index contributed by atoms with van der Waals surface area (Å²) in [6.07, 6.45) is 2.89. The van der Waals surface area contributed by atoms with E-state index < -0.39 is 16.1 Å². The summed E-state index contributed by atoms with van der Waals surface area (Å²) in [6.45, 7) is 0.484. The molecule has 1 aromatic heterocycles. The molecule has 1 amide bonds. The van der Waals surface area contributed by atoms with Crippen molar-refractivity contribution in [2.45, 2.75) is 29.9 Å². The minimum absolute atomic E-state index is 0.158. The van der Waals surface area contributed by atoms with Gasteiger partial charge in [0.25, 0.3) is 5.91 Å². The number of aromatic nitrogens is 1. The molecule has 2 heterocycles. The Hall–Kier alpha value is -1.81. The van der Waals surface area contributed by atoms with Gasteiger partial charge >= 0.3 is 0 Å². The molecule has 2 N–H and O–H groups in total. The molecule has 27 heavy (non-hydrogen) atoms. The fourth-order valence-corrected chi connectivity index (χ4v) is 7.27. The summed E-state index contributed by atoms with van der Waals surface area (Å²) in [6, 6.07) is 5.64. The molecular formula is C18H19N3O4S2. The van der Waals surface area contributed by atoms with Crippen LogP contribution < -0.4 is 5.32 Å². The Balaban J connectivity index is 1.37. The maximum absolute atomic E-state index is 13.1. The van der Waals surface area contributed by atoms with E-state index in [1.165, 1.54) is 39.9 Å². The standard InChI is InChI=1S/C18H19N3O4S2/c22-16-11-7-12-9-21(15(16)14(12)8-11)27(24,25)13-3-1-10(2-4-13)17(23)20-18-19-5-6-26-18/h1-6,11-12,14-16,22H,7-9H2,(H,19,20,23)/t11-,12-,14+,15-,16-/m0/s1. The molecule has 2 bridgehead atoms. The summed E-state index contributed by atoms with van der Waals surface area (Å²) in [5, 5.41) is 15.4. The number of thiazole rings is 1. The number of aliphatic hydroxyl groups is 1. The molecule has 5 rings (SSSR count). The number of hydrogen-bond acceptors (Lipinski definition) is 6. The average Bonchev–Trinajstić information content (AvgIpc) is 3.39. The third-order valence-electron chi connectivity index (χ3n) is 6.18. The maximum Gasteiger partial charge on any atom is 0.257 e. The molecule has 1 aliphatic heterocycles. The van der Waals surface area contributed by atoms with Crippen LogP contribution in [0.15, 0.2) is 40.7 Å². The van der Waals surface area contributed by atoms with Crippen LogP contribution >= 0.6 is 11.3 Å². The summed E-state index contributed by atoms with van der Waals surface area (Å²) in [5.74, 6) is 0.550. The molecule has 9 heteroatoms. The number of nitrogens with zero attached hydrogens (tertiary/aromatic N) is 2. The van der Waals surface area contributed by atoms with E-state index in [-0.39, 0.29) is 28.7 Å². The van der Waals surface area contributed by atoms with Crippen molar-refractivity contribution >= 4 is 32.4 Å². The van der Waals surface area contributed by atoms with Gasteiger partial charge in [0.15, 0.2) is 5.13 Å².